The Bertz CT molecular complexity index is 618. The standard InChI is InChI=1S/C12H18N2O4S/c1-8(2)10-9(11(15)16)6-14(13-10)12(3)4-5-19(17,18)7-12/h6,8H,4-5,7H2,1-3H3,(H,15,16). The number of hydrogen-bond acceptors (Lipinski definition) is 4. The van der Waals surface area contributed by atoms with Gasteiger partial charge in [0.25, 0.3) is 0 Å². The lowest BCUT2D eigenvalue weighted by atomic mass is 10.0. The van der Waals surface area contributed by atoms with E-state index in [1.807, 2.05) is 13.8 Å². The van der Waals surface area contributed by atoms with Crippen LogP contribution in [0, 0.1) is 0 Å². The lowest BCUT2D eigenvalue weighted by Crippen LogP contribution is -2.32. The number of hydrogen-bond donors (Lipinski definition) is 1. The maximum atomic E-state index is 11.6. The van der Waals surface area contributed by atoms with Gasteiger partial charge in [0.2, 0.25) is 0 Å². The monoisotopic (exact) mass is 286 g/mol. The second-order valence-electron chi connectivity index (χ2n) is 5.67. The number of sulfone groups is 1. The van der Waals surface area contributed by atoms with E-state index in [1.165, 1.54) is 10.9 Å². The number of aromatic nitrogens is 2. The van der Waals surface area contributed by atoms with Crippen LogP contribution in [-0.2, 0) is 15.4 Å². The molecule has 19 heavy (non-hydrogen) atoms. The van der Waals surface area contributed by atoms with Gasteiger partial charge in [-0.05, 0) is 19.3 Å². The van der Waals surface area contributed by atoms with E-state index < -0.39 is 21.3 Å². The third kappa shape index (κ3) is 2.51. The molecule has 1 aromatic heterocycles. The van der Waals surface area contributed by atoms with Crippen LogP contribution in [0.15, 0.2) is 6.20 Å². The molecule has 1 atom stereocenters. The van der Waals surface area contributed by atoms with Gasteiger partial charge in [0, 0.05) is 6.20 Å². The van der Waals surface area contributed by atoms with Gasteiger partial charge < -0.3 is 5.11 Å². The van der Waals surface area contributed by atoms with E-state index in [-0.39, 0.29) is 23.0 Å². The fourth-order valence-corrected chi connectivity index (χ4v) is 4.55. The molecule has 1 aliphatic heterocycles. The van der Waals surface area contributed by atoms with Crippen molar-refractivity contribution in [2.24, 2.45) is 0 Å². The molecule has 1 fully saturated rings. The van der Waals surface area contributed by atoms with Crippen molar-refractivity contribution in [2.75, 3.05) is 11.5 Å². The van der Waals surface area contributed by atoms with E-state index in [0.717, 1.165) is 0 Å². The van der Waals surface area contributed by atoms with Gasteiger partial charge in [0.05, 0.1) is 22.7 Å². The summed E-state index contributed by atoms with van der Waals surface area (Å²) < 4.78 is 24.8. The Morgan fingerprint density at radius 3 is 2.53 bits per heavy atom. The topological polar surface area (TPSA) is 89.3 Å². The van der Waals surface area contributed by atoms with Crippen molar-refractivity contribution in [1.29, 1.82) is 0 Å². The van der Waals surface area contributed by atoms with Gasteiger partial charge in [0.15, 0.2) is 9.84 Å². The summed E-state index contributed by atoms with van der Waals surface area (Å²) in [6, 6.07) is 0. The SMILES string of the molecule is CC(C)c1nn(C2(C)CCS(=O)(=O)C2)cc1C(=O)O. The summed E-state index contributed by atoms with van der Waals surface area (Å²) >= 11 is 0. The van der Waals surface area contributed by atoms with Gasteiger partial charge in [0.1, 0.15) is 5.56 Å². The van der Waals surface area contributed by atoms with Gasteiger partial charge >= 0.3 is 5.97 Å². The lowest BCUT2D eigenvalue weighted by molar-refractivity contribution is 0.0695. The van der Waals surface area contributed by atoms with Gasteiger partial charge in [-0.1, -0.05) is 13.8 Å². The molecule has 0 saturated carbocycles. The molecule has 0 amide bonds. The highest BCUT2D eigenvalue weighted by Gasteiger charge is 2.41. The first kappa shape index (κ1) is 14.0. The second kappa shape index (κ2) is 4.33. The predicted octanol–water partition coefficient (Wildman–Crippen LogP) is 1.24. The molecule has 2 rings (SSSR count). The van der Waals surface area contributed by atoms with Crippen LogP contribution in [-0.4, -0.2) is 40.8 Å². The lowest BCUT2D eigenvalue weighted by Gasteiger charge is -2.22. The molecule has 0 aromatic carbocycles. The molecule has 0 spiro atoms. The largest absolute Gasteiger partial charge is 0.478 e. The summed E-state index contributed by atoms with van der Waals surface area (Å²) in [4.78, 5) is 11.2. The van der Waals surface area contributed by atoms with Gasteiger partial charge in [-0.15, -0.1) is 0 Å². The Hall–Kier alpha value is -1.37. The molecular weight excluding hydrogens is 268 g/mol. The summed E-state index contributed by atoms with van der Waals surface area (Å²) in [6.07, 6.45) is 1.92. The van der Waals surface area contributed by atoms with Crippen molar-refractivity contribution in [3.05, 3.63) is 17.5 Å². The van der Waals surface area contributed by atoms with Crippen LogP contribution in [0.1, 0.15) is 49.2 Å². The Balaban J connectivity index is 2.47. The van der Waals surface area contributed by atoms with E-state index in [0.29, 0.717) is 12.1 Å². The second-order valence-corrected chi connectivity index (χ2v) is 7.86. The third-order valence-electron chi connectivity index (χ3n) is 3.56. The number of carbonyl (C=O) groups is 1. The third-order valence-corrected chi connectivity index (χ3v) is 5.44. The normalized spacial score (nSPS) is 25.9. The molecule has 6 nitrogen and oxygen atoms in total. The Kier molecular flexibility index (Phi) is 3.20. The first-order valence-corrected chi connectivity index (χ1v) is 8.00. The summed E-state index contributed by atoms with van der Waals surface area (Å²) in [5.41, 5.74) is 0.00875. The smallest absolute Gasteiger partial charge is 0.339 e. The zero-order valence-electron chi connectivity index (χ0n) is 11.3. The van der Waals surface area contributed by atoms with Crippen LogP contribution in [0.4, 0.5) is 0 Å². The highest BCUT2D eigenvalue weighted by molar-refractivity contribution is 7.91. The van der Waals surface area contributed by atoms with Gasteiger partial charge in [-0.25, -0.2) is 13.2 Å². The summed E-state index contributed by atoms with van der Waals surface area (Å²) in [7, 11) is -3.05. The highest BCUT2D eigenvalue weighted by atomic mass is 32.2. The van der Waals surface area contributed by atoms with E-state index >= 15 is 0 Å². The van der Waals surface area contributed by atoms with E-state index in [4.69, 9.17) is 0 Å². The fourth-order valence-electron chi connectivity index (χ4n) is 2.43. The number of aromatic carboxylic acids is 1. The van der Waals surface area contributed by atoms with Crippen LogP contribution in [0.3, 0.4) is 0 Å². The molecule has 1 N–H and O–H groups in total. The Labute approximate surface area is 112 Å². The Morgan fingerprint density at radius 1 is 1.53 bits per heavy atom. The zero-order valence-corrected chi connectivity index (χ0v) is 12.1. The fraction of sp³-hybridized carbons (Fsp3) is 0.667. The molecule has 2 heterocycles. The molecular formula is C12H18N2O4S. The van der Waals surface area contributed by atoms with Crippen LogP contribution in [0.2, 0.25) is 0 Å². The van der Waals surface area contributed by atoms with Crippen LogP contribution >= 0.6 is 0 Å². The number of rotatable bonds is 3. The molecule has 1 saturated heterocycles. The number of carboxylic acids is 1. The van der Waals surface area contributed by atoms with Crippen molar-refractivity contribution in [3.8, 4) is 0 Å². The maximum Gasteiger partial charge on any atom is 0.339 e. The summed E-state index contributed by atoms with van der Waals surface area (Å²) in [5.74, 6) is -0.908. The first-order chi connectivity index (χ1) is 8.65. The van der Waals surface area contributed by atoms with E-state index in [1.54, 1.807) is 6.92 Å². The zero-order chi connectivity index (χ0) is 14.4. The average Bonchev–Trinajstić information content (AvgIpc) is 2.81. The van der Waals surface area contributed by atoms with Crippen molar-refractivity contribution >= 4 is 15.8 Å². The van der Waals surface area contributed by atoms with Crippen molar-refractivity contribution in [3.63, 3.8) is 0 Å². The minimum absolute atomic E-state index is 0.0122. The van der Waals surface area contributed by atoms with Crippen molar-refractivity contribution in [2.45, 2.75) is 38.6 Å². The molecule has 1 aromatic rings. The molecule has 0 aliphatic carbocycles. The van der Waals surface area contributed by atoms with Crippen molar-refractivity contribution < 1.29 is 18.3 Å². The minimum Gasteiger partial charge on any atom is -0.478 e. The van der Waals surface area contributed by atoms with Gasteiger partial charge in [-0.2, -0.15) is 5.10 Å². The van der Waals surface area contributed by atoms with Crippen molar-refractivity contribution in [1.82, 2.24) is 9.78 Å². The number of nitrogens with zero attached hydrogens (tertiary/aromatic N) is 2. The number of carboxylic acid groups (broad SMARTS) is 1. The quantitative estimate of drug-likeness (QED) is 0.903. The predicted molar refractivity (Wildman–Crippen MR) is 70.2 cm³/mol. The molecule has 7 heteroatoms. The van der Waals surface area contributed by atoms with E-state index in [9.17, 15) is 18.3 Å². The molecule has 1 aliphatic rings. The molecule has 0 bridgehead atoms. The maximum absolute atomic E-state index is 11.6. The summed E-state index contributed by atoms with van der Waals surface area (Å²) in [6.45, 7) is 5.54. The van der Waals surface area contributed by atoms with Crippen LogP contribution in [0.5, 0.6) is 0 Å². The van der Waals surface area contributed by atoms with Crippen LogP contribution in [0.25, 0.3) is 0 Å². The first-order valence-electron chi connectivity index (χ1n) is 6.18. The molecule has 106 valence electrons. The Morgan fingerprint density at radius 2 is 2.16 bits per heavy atom. The van der Waals surface area contributed by atoms with Crippen LogP contribution < -0.4 is 0 Å². The van der Waals surface area contributed by atoms with Gasteiger partial charge in [-0.3, -0.25) is 4.68 Å². The summed E-state index contributed by atoms with van der Waals surface area (Å²) in [5, 5.41) is 13.5. The molecule has 1 unspecified atom stereocenters. The molecule has 0 radical (unpaired) electrons. The average molecular weight is 286 g/mol. The van der Waals surface area contributed by atoms with E-state index in [2.05, 4.69) is 5.10 Å². The highest BCUT2D eigenvalue weighted by Crippen LogP contribution is 2.31. The minimum atomic E-state index is -3.05.